The van der Waals surface area contributed by atoms with Crippen LogP contribution in [0.3, 0.4) is 0 Å². The number of rotatable bonds is 11. The van der Waals surface area contributed by atoms with E-state index in [4.69, 9.17) is 9.47 Å². The van der Waals surface area contributed by atoms with Crippen molar-refractivity contribution in [1.29, 1.82) is 0 Å². The van der Waals surface area contributed by atoms with Crippen LogP contribution in [0.2, 0.25) is 0 Å². The topological polar surface area (TPSA) is 65.4 Å². The minimum Gasteiger partial charge on any atom is -0.493 e. The van der Waals surface area contributed by atoms with E-state index in [0.29, 0.717) is 26.1 Å². The van der Waals surface area contributed by atoms with E-state index in [1.54, 1.807) is 0 Å². The van der Waals surface area contributed by atoms with Gasteiger partial charge in [-0.3, -0.25) is 9.80 Å². The van der Waals surface area contributed by atoms with Gasteiger partial charge < -0.3 is 19.7 Å². The van der Waals surface area contributed by atoms with Crippen LogP contribution >= 0.6 is 0 Å². The number of hydrogen-bond donors (Lipinski definition) is 2. The first kappa shape index (κ1) is 25.5. The van der Waals surface area contributed by atoms with Crippen molar-refractivity contribution < 1.29 is 19.7 Å². The van der Waals surface area contributed by atoms with Crippen LogP contribution in [-0.2, 0) is 0 Å². The van der Waals surface area contributed by atoms with E-state index < -0.39 is 12.2 Å². The molecule has 0 bridgehead atoms. The molecule has 1 heterocycles. The number of fused-ring (bicyclic) bond motifs is 2. The highest BCUT2D eigenvalue weighted by Gasteiger charge is 2.21. The molecule has 2 N–H and O–H groups in total. The van der Waals surface area contributed by atoms with E-state index >= 15 is 0 Å². The number of β-amino-alcohol motifs (C(OH)–C–C–N with tert-alkyl or cyclic N) is 2. The van der Waals surface area contributed by atoms with Crippen molar-refractivity contribution >= 4 is 21.5 Å². The molecule has 0 radical (unpaired) electrons. The van der Waals surface area contributed by atoms with Crippen LogP contribution in [0.15, 0.2) is 84.9 Å². The predicted molar refractivity (Wildman–Crippen MR) is 148 cm³/mol. The Labute approximate surface area is 218 Å². The number of aliphatic hydroxyl groups excluding tert-OH is 2. The van der Waals surface area contributed by atoms with Crippen LogP contribution in [0.5, 0.6) is 11.5 Å². The van der Waals surface area contributed by atoms with Crippen molar-refractivity contribution in [3.8, 4) is 11.5 Å². The zero-order valence-corrected chi connectivity index (χ0v) is 21.2. The molecule has 0 aliphatic carbocycles. The van der Waals surface area contributed by atoms with Crippen molar-refractivity contribution in [2.75, 3.05) is 52.5 Å². The van der Waals surface area contributed by atoms with E-state index in [9.17, 15) is 10.2 Å². The highest BCUT2D eigenvalue weighted by Crippen LogP contribution is 2.26. The molecule has 0 saturated carbocycles. The quantitative estimate of drug-likeness (QED) is 0.322. The van der Waals surface area contributed by atoms with Crippen LogP contribution < -0.4 is 9.47 Å². The lowest BCUT2D eigenvalue weighted by Crippen LogP contribution is -2.50. The molecule has 1 saturated heterocycles. The Morgan fingerprint density at radius 2 is 1.08 bits per heavy atom. The third-order valence-electron chi connectivity index (χ3n) is 7.04. The first-order chi connectivity index (χ1) is 18.2. The Balaban J connectivity index is 1.00. The lowest BCUT2D eigenvalue weighted by atomic mass is 10.1. The van der Waals surface area contributed by atoms with Crippen molar-refractivity contribution in [1.82, 2.24) is 9.80 Å². The standard InChI is InChI=1S/C31H36N2O4/c34-26(15-20-36-30-13-5-9-24-7-1-3-11-28(24)30)21-32-16-18-33(19-17-32)22-27(35)23-37-31-14-6-10-25-8-2-4-12-29(25)31/h1-14,26-27,34-35H,15-23H2/t26-,27+/m1/s1. The second-order valence-electron chi connectivity index (χ2n) is 9.81. The van der Waals surface area contributed by atoms with E-state index in [1.165, 1.54) is 0 Å². The lowest BCUT2D eigenvalue weighted by Gasteiger charge is -2.36. The van der Waals surface area contributed by atoms with E-state index in [2.05, 4.69) is 40.1 Å². The van der Waals surface area contributed by atoms with Gasteiger partial charge >= 0.3 is 0 Å². The van der Waals surface area contributed by atoms with Crippen molar-refractivity contribution in [2.45, 2.75) is 18.6 Å². The fourth-order valence-corrected chi connectivity index (χ4v) is 5.03. The molecule has 1 aliphatic heterocycles. The molecule has 6 nitrogen and oxygen atoms in total. The summed E-state index contributed by atoms with van der Waals surface area (Å²) in [6.45, 7) is 5.45. The number of ether oxygens (including phenoxy) is 2. The molecular weight excluding hydrogens is 464 g/mol. The third kappa shape index (κ3) is 6.79. The van der Waals surface area contributed by atoms with Crippen LogP contribution in [0, 0.1) is 0 Å². The van der Waals surface area contributed by atoms with E-state index in [-0.39, 0.29) is 6.61 Å². The number of benzene rings is 4. The van der Waals surface area contributed by atoms with Crippen molar-refractivity contribution in [3.05, 3.63) is 84.9 Å². The normalized spacial score (nSPS) is 16.6. The summed E-state index contributed by atoms with van der Waals surface area (Å²) in [5.74, 6) is 1.67. The molecule has 0 aromatic heterocycles. The Hall–Kier alpha value is -3.16. The van der Waals surface area contributed by atoms with Gasteiger partial charge in [-0.1, -0.05) is 72.8 Å². The number of nitrogens with zero attached hydrogens (tertiary/aromatic N) is 2. The Morgan fingerprint density at radius 1 is 0.595 bits per heavy atom. The van der Waals surface area contributed by atoms with E-state index in [1.807, 2.05) is 54.6 Å². The summed E-state index contributed by atoms with van der Waals surface area (Å²) < 4.78 is 11.9. The molecule has 194 valence electrons. The van der Waals surface area contributed by atoms with Gasteiger partial charge in [0.15, 0.2) is 0 Å². The van der Waals surface area contributed by atoms with Crippen LogP contribution in [0.25, 0.3) is 21.5 Å². The Morgan fingerprint density at radius 3 is 1.68 bits per heavy atom. The Bertz CT molecular complexity index is 1280. The van der Waals surface area contributed by atoms with Gasteiger partial charge in [0.25, 0.3) is 0 Å². The highest BCUT2D eigenvalue weighted by atomic mass is 16.5. The van der Waals surface area contributed by atoms with Gasteiger partial charge in [0, 0.05) is 56.5 Å². The molecule has 37 heavy (non-hydrogen) atoms. The van der Waals surface area contributed by atoms with Gasteiger partial charge in [-0.05, 0) is 22.9 Å². The second-order valence-corrected chi connectivity index (χ2v) is 9.81. The van der Waals surface area contributed by atoms with E-state index in [0.717, 1.165) is 59.2 Å². The monoisotopic (exact) mass is 500 g/mol. The maximum absolute atomic E-state index is 10.6. The summed E-state index contributed by atoms with van der Waals surface area (Å²) in [6, 6.07) is 28.3. The molecule has 0 amide bonds. The van der Waals surface area contributed by atoms with Crippen molar-refractivity contribution in [3.63, 3.8) is 0 Å². The van der Waals surface area contributed by atoms with Gasteiger partial charge in [-0.25, -0.2) is 0 Å². The van der Waals surface area contributed by atoms with Crippen LogP contribution in [-0.4, -0.2) is 84.7 Å². The maximum atomic E-state index is 10.6. The molecule has 6 heteroatoms. The third-order valence-corrected chi connectivity index (χ3v) is 7.04. The van der Waals surface area contributed by atoms with Gasteiger partial charge in [-0.15, -0.1) is 0 Å². The number of aliphatic hydroxyl groups is 2. The van der Waals surface area contributed by atoms with Gasteiger partial charge in [-0.2, -0.15) is 0 Å². The zero-order valence-electron chi connectivity index (χ0n) is 21.2. The fourth-order valence-electron chi connectivity index (χ4n) is 5.03. The average Bonchev–Trinajstić information content (AvgIpc) is 2.93. The molecule has 1 aliphatic rings. The molecule has 0 spiro atoms. The fraction of sp³-hybridized carbons (Fsp3) is 0.355. The molecule has 1 fully saturated rings. The zero-order chi connectivity index (χ0) is 25.5. The number of hydrogen-bond acceptors (Lipinski definition) is 6. The molecule has 4 aromatic rings. The van der Waals surface area contributed by atoms with Crippen LogP contribution in [0.4, 0.5) is 0 Å². The summed E-state index contributed by atoms with van der Waals surface area (Å²) in [5.41, 5.74) is 0. The minimum atomic E-state index is -0.553. The molecular formula is C31H36N2O4. The molecule has 4 aromatic carbocycles. The highest BCUT2D eigenvalue weighted by molar-refractivity contribution is 5.88. The molecule has 5 rings (SSSR count). The number of piperazine rings is 1. The SMILES string of the molecule is O[C@H](CCOc1cccc2ccccc12)CN1CCN(C[C@H](O)COc2cccc3ccccc23)CC1. The second kappa shape index (κ2) is 12.4. The first-order valence-corrected chi connectivity index (χ1v) is 13.2. The summed E-state index contributed by atoms with van der Waals surface area (Å²) in [4.78, 5) is 4.56. The van der Waals surface area contributed by atoms with Gasteiger partial charge in [0.2, 0.25) is 0 Å². The molecule has 2 atom stereocenters. The summed E-state index contributed by atoms with van der Waals surface area (Å²) >= 11 is 0. The molecule has 0 unspecified atom stereocenters. The summed E-state index contributed by atoms with van der Waals surface area (Å²) in [7, 11) is 0. The van der Waals surface area contributed by atoms with Gasteiger partial charge in [0.05, 0.1) is 12.7 Å². The first-order valence-electron chi connectivity index (χ1n) is 13.2. The predicted octanol–water partition coefficient (Wildman–Crippen LogP) is 4.18. The van der Waals surface area contributed by atoms with Crippen LogP contribution in [0.1, 0.15) is 6.42 Å². The summed E-state index contributed by atoms with van der Waals surface area (Å²) in [5, 5.41) is 25.6. The van der Waals surface area contributed by atoms with Gasteiger partial charge in [0.1, 0.15) is 24.2 Å². The lowest BCUT2D eigenvalue weighted by molar-refractivity contribution is 0.0302. The summed E-state index contributed by atoms with van der Waals surface area (Å²) in [6.07, 6.45) is -0.392. The Kier molecular flexibility index (Phi) is 8.53. The average molecular weight is 501 g/mol. The largest absolute Gasteiger partial charge is 0.493 e. The smallest absolute Gasteiger partial charge is 0.127 e. The maximum Gasteiger partial charge on any atom is 0.127 e. The van der Waals surface area contributed by atoms with Crippen molar-refractivity contribution in [2.24, 2.45) is 0 Å². The minimum absolute atomic E-state index is 0.267.